The van der Waals surface area contributed by atoms with Crippen molar-refractivity contribution < 1.29 is 9.53 Å². The van der Waals surface area contributed by atoms with Gasteiger partial charge in [0.05, 0.1) is 12.8 Å². The summed E-state index contributed by atoms with van der Waals surface area (Å²) in [5.41, 5.74) is 0.985. The van der Waals surface area contributed by atoms with Crippen LogP contribution in [0.25, 0.3) is 10.1 Å². The summed E-state index contributed by atoms with van der Waals surface area (Å²) in [5, 5.41) is 6.31. The van der Waals surface area contributed by atoms with Crippen LogP contribution in [0, 0.1) is 0 Å². The molecule has 17 heavy (non-hydrogen) atoms. The maximum Gasteiger partial charge on any atom is 0.327 e. The van der Waals surface area contributed by atoms with Gasteiger partial charge in [0, 0.05) is 15.5 Å². The third-order valence-electron chi connectivity index (χ3n) is 2.41. The van der Waals surface area contributed by atoms with E-state index in [1.54, 1.807) is 18.3 Å². The molecule has 0 spiro atoms. The third-order valence-corrected chi connectivity index (χ3v) is 3.37. The van der Waals surface area contributed by atoms with Gasteiger partial charge in [-0.05, 0) is 13.0 Å². The molecule has 0 aliphatic rings. The molecular formula is C12H14ClNO2S. The van der Waals surface area contributed by atoms with E-state index in [2.05, 4.69) is 16.1 Å². The number of thiophene rings is 1. The Kier molecular flexibility index (Phi) is 4.78. The number of halogens is 1. The van der Waals surface area contributed by atoms with Crippen LogP contribution in [0.3, 0.4) is 0 Å². The lowest BCUT2D eigenvalue weighted by atomic mass is 10.2. The first-order valence-electron chi connectivity index (χ1n) is 5.03. The van der Waals surface area contributed by atoms with E-state index in [-0.39, 0.29) is 24.4 Å². The van der Waals surface area contributed by atoms with Gasteiger partial charge in [-0.2, -0.15) is 0 Å². The molecule has 0 aliphatic heterocycles. The first-order chi connectivity index (χ1) is 7.72. The van der Waals surface area contributed by atoms with E-state index >= 15 is 0 Å². The van der Waals surface area contributed by atoms with Crippen LogP contribution in [0.1, 0.15) is 6.92 Å². The highest BCUT2D eigenvalue weighted by molar-refractivity contribution is 7.17. The predicted molar refractivity (Wildman–Crippen MR) is 74.2 cm³/mol. The molecule has 1 aromatic carbocycles. The molecule has 1 atom stereocenters. The Morgan fingerprint density at radius 3 is 2.82 bits per heavy atom. The van der Waals surface area contributed by atoms with Crippen molar-refractivity contribution >= 4 is 45.5 Å². The van der Waals surface area contributed by atoms with Crippen LogP contribution in [0.4, 0.5) is 5.69 Å². The van der Waals surface area contributed by atoms with Crippen LogP contribution in [0.15, 0.2) is 29.6 Å². The van der Waals surface area contributed by atoms with Gasteiger partial charge in [-0.3, -0.25) is 0 Å². The summed E-state index contributed by atoms with van der Waals surface area (Å²) in [5.74, 6) is -0.254. The molecule has 1 aromatic heterocycles. The first kappa shape index (κ1) is 13.8. The fourth-order valence-electron chi connectivity index (χ4n) is 1.56. The van der Waals surface area contributed by atoms with Crippen molar-refractivity contribution in [3.63, 3.8) is 0 Å². The lowest BCUT2D eigenvalue weighted by Gasteiger charge is -2.11. The molecule has 1 N–H and O–H groups in total. The van der Waals surface area contributed by atoms with E-state index in [0.717, 1.165) is 11.1 Å². The minimum Gasteiger partial charge on any atom is -0.467 e. The van der Waals surface area contributed by atoms with E-state index in [4.69, 9.17) is 0 Å². The second kappa shape index (κ2) is 5.89. The maximum atomic E-state index is 11.3. The second-order valence-electron chi connectivity index (χ2n) is 3.53. The fourth-order valence-corrected chi connectivity index (χ4v) is 2.46. The van der Waals surface area contributed by atoms with E-state index in [0.29, 0.717) is 0 Å². The zero-order chi connectivity index (χ0) is 11.5. The third kappa shape index (κ3) is 2.90. The second-order valence-corrected chi connectivity index (χ2v) is 4.45. The van der Waals surface area contributed by atoms with Crippen LogP contribution in [-0.2, 0) is 9.53 Å². The number of anilines is 1. The van der Waals surface area contributed by atoms with E-state index in [1.807, 2.05) is 23.6 Å². The largest absolute Gasteiger partial charge is 0.467 e. The Balaban J connectivity index is 0.00000144. The summed E-state index contributed by atoms with van der Waals surface area (Å²) < 4.78 is 5.89. The molecule has 92 valence electrons. The lowest BCUT2D eigenvalue weighted by molar-refractivity contribution is -0.141. The summed E-state index contributed by atoms with van der Waals surface area (Å²) in [7, 11) is 1.40. The Bertz CT molecular complexity index is 512. The molecule has 2 rings (SSSR count). The summed E-state index contributed by atoms with van der Waals surface area (Å²) in [6.07, 6.45) is 0. The van der Waals surface area contributed by atoms with E-state index < -0.39 is 0 Å². The van der Waals surface area contributed by atoms with Crippen LogP contribution < -0.4 is 5.32 Å². The smallest absolute Gasteiger partial charge is 0.327 e. The number of fused-ring (bicyclic) bond motifs is 1. The molecular weight excluding hydrogens is 258 g/mol. The quantitative estimate of drug-likeness (QED) is 0.871. The fraction of sp³-hybridized carbons (Fsp3) is 0.250. The van der Waals surface area contributed by atoms with Gasteiger partial charge in [0.25, 0.3) is 0 Å². The summed E-state index contributed by atoms with van der Waals surface area (Å²) in [6, 6.07) is 7.77. The number of benzene rings is 1. The number of esters is 1. The van der Waals surface area contributed by atoms with Crippen molar-refractivity contribution in [3.05, 3.63) is 29.6 Å². The van der Waals surface area contributed by atoms with Gasteiger partial charge in [-0.15, -0.1) is 23.7 Å². The first-order valence-corrected chi connectivity index (χ1v) is 5.91. The van der Waals surface area contributed by atoms with E-state index in [1.165, 1.54) is 11.8 Å². The molecule has 0 unspecified atom stereocenters. The maximum absolute atomic E-state index is 11.3. The standard InChI is InChI=1S/C12H13NO2S.ClH/c1-8(12(14)15-2)13-10-7-16-11-6-4-3-5-9(10)11;/h3-8,13H,1-2H3;1H/t8-;/m0./s1. The Labute approximate surface area is 110 Å². The number of hydrogen-bond acceptors (Lipinski definition) is 4. The summed E-state index contributed by atoms with van der Waals surface area (Å²) in [6.45, 7) is 1.79. The molecule has 0 amide bonds. The molecule has 3 nitrogen and oxygen atoms in total. The summed E-state index contributed by atoms with van der Waals surface area (Å²) in [4.78, 5) is 11.3. The Morgan fingerprint density at radius 1 is 1.41 bits per heavy atom. The molecule has 0 fully saturated rings. The monoisotopic (exact) mass is 271 g/mol. The predicted octanol–water partition coefficient (Wildman–Crippen LogP) is 3.30. The number of methoxy groups -OCH3 is 1. The highest BCUT2D eigenvalue weighted by Crippen LogP contribution is 2.30. The highest BCUT2D eigenvalue weighted by Gasteiger charge is 2.14. The average Bonchev–Trinajstić information content (AvgIpc) is 2.72. The van der Waals surface area contributed by atoms with Gasteiger partial charge >= 0.3 is 5.97 Å². The Hall–Kier alpha value is -1.26. The number of carbonyl (C=O) groups excluding carboxylic acids is 1. The Morgan fingerprint density at radius 2 is 2.12 bits per heavy atom. The van der Waals surface area contributed by atoms with Crippen molar-refractivity contribution in [3.8, 4) is 0 Å². The molecule has 0 bridgehead atoms. The highest BCUT2D eigenvalue weighted by atomic mass is 35.5. The molecule has 0 radical (unpaired) electrons. The molecule has 5 heteroatoms. The van der Waals surface area contributed by atoms with Crippen LogP contribution in [-0.4, -0.2) is 19.1 Å². The molecule has 1 heterocycles. The number of nitrogens with one attached hydrogen (secondary N) is 1. The molecule has 0 saturated carbocycles. The average molecular weight is 272 g/mol. The molecule has 2 aromatic rings. The number of ether oxygens (including phenoxy) is 1. The van der Waals surface area contributed by atoms with Crippen molar-refractivity contribution in [2.75, 3.05) is 12.4 Å². The topological polar surface area (TPSA) is 38.3 Å². The van der Waals surface area contributed by atoms with Crippen molar-refractivity contribution in [1.82, 2.24) is 0 Å². The van der Waals surface area contributed by atoms with Gasteiger partial charge in [-0.1, -0.05) is 18.2 Å². The number of carbonyl (C=O) groups is 1. The minimum absolute atomic E-state index is 0. The van der Waals surface area contributed by atoms with Gasteiger partial charge in [-0.25, -0.2) is 4.79 Å². The van der Waals surface area contributed by atoms with Crippen molar-refractivity contribution in [2.24, 2.45) is 0 Å². The molecule has 0 aliphatic carbocycles. The van der Waals surface area contributed by atoms with Gasteiger partial charge in [0.15, 0.2) is 0 Å². The van der Waals surface area contributed by atoms with Gasteiger partial charge in [0.1, 0.15) is 6.04 Å². The normalized spacial score (nSPS) is 11.6. The van der Waals surface area contributed by atoms with Crippen LogP contribution in [0.5, 0.6) is 0 Å². The van der Waals surface area contributed by atoms with Crippen LogP contribution >= 0.6 is 23.7 Å². The zero-order valence-electron chi connectivity index (χ0n) is 9.60. The van der Waals surface area contributed by atoms with Gasteiger partial charge in [0.2, 0.25) is 0 Å². The van der Waals surface area contributed by atoms with Crippen LogP contribution in [0.2, 0.25) is 0 Å². The zero-order valence-corrected chi connectivity index (χ0v) is 11.2. The lowest BCUT2D eigenvalue weighted by Crippen LogP contribution is -2.26. The summed E-state index contributed by atoms with van der Waals surface area (Å²) >= 11 is 1.66. The minimum atomic E-state index is -0.331. The molecule has 0 saturated heterocycles. The van der Waals surface area contributed by atoms with Gasteiger partial charge < -0.3 is 10.1 Å². The van der Waals surface area contributed by atoms with Crippen molar-refractivity contribution in [2.45, 2.75) is 13.0 Å². The van der Waals surface area contributed by atoms with Crippen molar-refractivity contribution in [1.29, 1.82) is 0 Å². The SMILES string of the molecule is COC(=O)[C@H](C)Nc1csc2ccccc12.Cl. The van der Waals surface area contributed by atoms with E-state index in [9.17, 15) is 4.79 Å². The number of hydrogen-bond donors (Lipinski definition) is 1. The number of rotatable bonds is 3.